The molecule has 0 saturated heterocycles. The molecule has 0 radical (unpaired) electrons. The zero-order valence-corrected chi connectivity index (χ0v) is 17.4. The first-order valence-electron chi connectivity index (χ1n) is 10.2. The zero-order valence-electron chi connectivity index (χ0n) is 16.6. The minimum Gasteiger partial charge on any atom is -0.393 e. The van der Waals surface area contributed by atoms with Crippen molar-refractivity contribution >= 4 is 34.2 Å². The van der Waals surface area contributed by atoms with Crippen LogP contribution in [0.2, 0.25) is 5.02 Å². The second-order valence-corrected chi connectivity index (χ2v) is 8.51. The van der Waals surface area contributed by atoms with Crippen molar-refractivity contribution in [2.24, 2.45) is 7.05 Å². The van der Waals surface area contributed by atoms with Gasteiger partial charge in [-0.2, -0.15) is 5.10 Å². The first-order valence-corrected chi connectivity index (χ1v) is 10.6. The summed E-state index contributed by atoms with van der Waals surface area (Å²) in [5, 5.41) is 22.2. The number of aliphatic hydroxyl groups is 1. The summed E-state index contributed by atoms with van der Waals surface area (Å²) in [6.07, 6.45) is 4.49. The molecule has 1 unspecified atom stereocenters. The molecule has 5 rings (SSSR count). The third-order valence-electron chi connectivity index (χ3n) is 6.02. The third-order valence-corrected chi connectivity index (χ3v) is 6.25. The fourth-order valence-electron chi connectivity index (χ4n) is 4.35. The number of nitrogens with one attached hydrogen (secondary N) is 2. The molecule has 1 amide bonds. The molecule has 1 saturated carbocycles. The normalized spacial score (nSPS) is 23.2. The Morgan fingerprint density at radius 2 is 2.10 bits per heavy atom. The Kier molecular flexibility index (Phi) is 4.83. The van der Waals surface area contributed by atoms with E-state index in [-0.39, 0.29) is 18.1 Å². The molecule has 1 aliphatic carbocycles. The molecule has 156 valence electrons. The third kappa shape index (κ3) is 3.40. The van der Waals surface area contributed by atoms with Gasteiger partial charge >= 0.3 is 0 Å². The molecule has 2 aromatic heterocycles. The predicted molar refractivity (Wildman–Crippen MR) is 114 cm³/mol. The van der Waals surface area contributed by atoms with Crippen LogP contribution in [0.4, 0.5) is 5.82 Å². The quantitative estimate of drug-likeness (QED) is 0.594. The van der Waals surface area contributed by atoms with Crippen LogP contribution in [0.25, 0.3) is 22.3 Å². The SMILES string of the molecule is Cn1nc(-c2cnc3c(n2)C(C(=O)N[C@H]2CC[C@@H](O)CC2)CN3)c2ccc(Cl)cc21. The molecule has 1 atom stereocenters. The van der Waals surface area contributed by atoms with Crippen LogP contribution >= 0.6 is 11.6 Å². The average molecular weight is 427 g/mol. The Morgan fingerprint density at radius 3 is 2.90 bits per heavy atom. The number of rotatable bonds is 3. The Bertz CT molecular complexity index is 1120. The van der Waals surface area contributed by atoms with Gasteiger partial charge in [0.05, 0.1) is 23.5 Å². The van der Waals surface area contributed by atoms with E-state index in [9.17, 15) is 9.90 Å². The maximum atomic E-state index is 12.9. The number of benzene rings is 1. The fourth-order valence-corrected chi connectivity index (χ4v) is 4.52. The first kappa shape index (κ1) is 19.3. The summed E-state index contributed by atoms with van der Waals surface area (Å²) >= 11 is 6.13. The second kappa shape index (κ2) is 7.52. The van der Waals surface area contributed by atoms with E-state index in [0.717, 1.165) is 36.6 Å². The molecule has 1 aliphatic heterocycles. The van der Waals surface area contributed by atoms with Crippen molar-refractivity contribution in [3.8, 4) is 11.4 Å². The molecule has 30 heavy (non-hydrogen) atoms. The van der Waals surface area contributed by atoms with Crippen molar-refractivity contribution in [1.29, 1.82) is 0 Å². The number of aryl methyl sites for hydroxylation is 1. The van der Waals surface area contributed by atoms with Gasteiger partial charge in [0.2, 0.25) is 5.91 Å². The first-order chi connectivity index (χ1) is 14.5. The predicted octanol–water partition coefficient (Wildman–Crippen LogP) is 2.61. The highest BCUT2D eigenvalue weighted by Gasteiger charge is 2.33. The molecule has 0 bridgehead atoms. The molecule has 1 aromatic carbocycles. The fraction of sp³-hybridized carbons (Fsp3) is 0.429. The highest BCUT2D eigenvalue weighted by atomic mass is 35.5. The van der Waals surface area contributed by atoms with Gasteiger partial charge in [-0.1, -0.05) is 11.6 Å². The summed E-state index contributed by atoms with van der Waals surface area (Å²) in [6, 6.07) is 5.72. The Hall–Kier alpha value is -2.71. The number of halogens is 1. The van der Waals surface area contributed by atoms with Gasteiger partial charge in [0, 0.05) is 30.0 Å². The smallest absolute Gasteiger partial charge is 0.231 e. The minimum atomic E-state index is -0.399. The van der Waals surface area contributed by atoms with Gasteiger partial charge < -0.3 is 15.7 Å². The molecule has 3 heterocycles. The van der Waals surface area contributed by atoms with E-state index in [4.69, 9.17) is 16.6 Å². The lowest BCUT2D eigenvalue weighted by molar-refractivity contribution is -0.123. The van der Waals surface area contributed by atoms with Gasteiger partial charge in [-0.15, -0.1) is 0 Å². The van der Waals surface area contributed by atoms with Crippen LogP contribution in [0.5, 0.6) is 0 Å². The number of anilines is 1. The van der Waals surface area contributed by atoms with E-state index in [1.807, 2.05) is 25.2 Å². The van der Waals surface area contributed by atoms with Gasteiger partial charge in [-0.3, -0.25) is 9.48 Å². The van der Waals surface area contributed by atoms with Crippen LogP contribution in [0.3, 0.4) is 0 Å². The number of hydrogen-bond donors (Lipinski definition) is 3. The molecule has 0 spiro atoms. The van der Waals surface area contributed by atoms with E-state index in [1.54, 1.807) is 10.9 Å². The van der Waals surface area contributed by atoms with Crippen LogP contribution < -0.4 is 10.6 Å². The Labute approximate surface area is 178 Å². The maximum absolute atomic E-state index is 12.9. The van der Waals surface area contributed by atoms with Gasteiger partial charge in [0.15, 0.2) is 0 Å². The molecular formula is C21H23ClN6O2. The maximum Gasteiger partial charge on any atom is 0.231 e. The molecule has 8 nitrogen and oxygen atoms in total. The van der Waals surface area contributed by atoms with Gasteiger partial charge in [-0.25, -0.2) is 9.97 Å². The monoisotopic (exact) mass is 426 g/mol. The number of amides is 1. The lowest BCUT2D eigenvalue weighted by Crippen LogP contribution is -2.41. The van der Waals surface area contributed by atoms with Crippen LogP contribution in [0.1, 0.15) is 37.3 Å². The highest BCUT2D eigenvalue weighted by Crippen LogP contribution is 2.33. The molecule has 1 fully saturated rings. The molecular weight excluding hydrogens is 404 g/mol. The number of aromatic nitrogens is 4. The Balaban J connectivity index is 1.43. The van der Waals surface area contributed by atoms with Crippen LogP contribution in [0.15, 0.2) is 24.4 Å². The van der Waals surface area contributed by atoms with Crippen LogP contribution in [-0.4, -0.2) is 49.5 Å². The van der Waals surface area contributed by atoms with Crippen molar-refractivity contribution in [2.45, 2.75) is 43.7 Å². The summed E-state index contributed by atoms with van der Waals surface area (Å²) in [6.45, 7) is 0.471. The van der Waals surface area contributed by atoms with Crippen LogP contribution in [0, 0.1) is 0 Å². The van der Waals surface area contributed by atoms with Crippen molar-refractivity contribution in [3.05, 3.63) is 35.1 Å². The van der Waals surface area contributed by atoms with Crippen molar-refractivity contribution < 1.29 is 9.90 Å². The molecule has 9 heteroatoms. The lowest BCUT2D eigenvalue weighted by Gasteiger charge is -2.27. The standard InChI is InChI=1S/C21H23ClN6O2/c1-28-17-8-11(22)2-7-14(17)18(27-28)16-10-24-20-19(26-16)15(9-23-20)21(30)25-12-3-5-13(29)6-4-12/h2,7-8,10,12-13,15,29H,3-6,9H2,1H3,(H,23,24)(H,25,30)/t12-,13+,15?. The zero-order chi connectivity index (χ0) is 20.8. The van der Waals surface area contributed by atoms with E-state index < -0.39 is 5.92 Å². The van der Waals surface area contributed by atoms with Crippen molar-refractivity contribution in [3.63, 3.8) is 0 Å². The number of aliphatic hydroxyl groups excluding tert-OH is 1. The van der Waals surface area contributed by atoms with E-state index in [2.05, 4.69) is 20.7 Å². The number of hydrogen-bond acceptors (Lipinski definition) is 6. The van der Waals surface area contributed by atoms with Gasteiger partial charge in [0.25, 0.3) is 0 Å². The van der Waals surface area contributed by atoms with Crippen molar-refractivity contribution in [1.82, 2.24) is 25.1 Å². The summed E-state index contributed by atoms with van der Waals surface area (Å²) in [5.74, 6) is 0.191. The average Bonchev–Trinajstić information content (AvgIpc) is 3.30. The summed E-state index contributed by atoms with van der Waals surface area (Å²) in [4.78, 5) is 22.2. The van der Waals surface area contributed by atoms with E-state index in [1.165, 1.54) is 0 Å². The van der Waals surface area contributed by atoms with E-state index in [0.29, 0.717) is 34.5 Å². The molecule has 3 aromatic rings. The van der Waals surface area contributed by atoms with Gasteiger partial charge in [-0.05, 0) is 43.9 Å². The minimum absolute atomic E-state index is 0.0493. The Morgan fingerprint density at radius 1 is 1.30 bits per heavy atom. The number of carbonyl (C=O) groups excluding carboxylic acids is 1. The summed E-state index contributed by atoms with van der Waals surface area (Å²) in [7, 11) is 1.86. The number of fused-ring (bicyclic) bond motifs is 2. The lowest BCUT2D eigenvalue weighted by atomic mass is 9.92. The topological polar surface area (TPSA) is 105 Å². The summed E-state index contributed by atoms with van der Waals surface area (Å²) < 4.78 is 1.77. The van der Waals surface area contributed by atoms with Crippen molar-refractivity contribution in [2.75, 3.05) is 11.9 Å². The van der Waals surface area contributed by atoms with E-state index >= 15 is 0 Å². The molecule has 3 N–H and O–H groups in total. The van der Waals surface area contributed by atoms with Crippen LogP contribution in [-0.2, 0) is 11.8 Å². The molecule has 2 aliphatic rings. The number of nitrogens with zero attached hydrogens (tertiary/aromatic N) is 4. The second-order valence-electron chi connectivity index (χ2n) is 8.07. The number of carbonyl (C=O) groups is 1. The van der Waals surface area contributed by atoms with Gasteiger partial charge in [0.1, 0.15) is 23.1 Å². The summed E-state index contributed by atoms with van der Waals surface area (Å²) in [5.41, 5.74) is 2.90. The highest BCUT2D eigenvalue weighted by molar-refractivity contribution is 6.31. The largest absolute Gasteiger partial charge is 0.393 e.